The Hall–Kier alpha value is -3.15. The minimum atomic E-state index is -0.115. The topological polar surface area (TPSA) is 58.4 Å². The average Bonchev–Trinajstić information content (AvgIpc) is 3.04. The number of rotatable bonds is 3. The largest absolute Gasteiger partial charge is 0.337 e. The van der Waals surface area contributed by atoms with Gasteiger partial charge in [-0.1, -0.05) is 36.4 Å². The molecule has 2 heterocycles. The molecule has 27 heavy (non-hydrogen) atoms. The molecule has 0 unspecified atom stereocenters. The summed E-state index contributed by atoms with van der Waals surface area (Å²) in [6, 6.07) is 16.2. The monoisotopic (exact) mass is 362 g/mol. The lowest BCUT2D eigenvalue weighted by atomic mass is 10.1. The Morgan fingerprint density at radius 2 is 1.85 bits per heavy atom. The summed E-state index contributed by atoms with van der Waals surface area (Å²) in [4.78, 5) is 28.7. The molecule has 0 bridgehead atoms. The van der Waals surface area contributed by atoms with Crippen molar-refractivity contribution in [1.29, 1.82) is 0 Å². The molecule has 0 saturated carbocycles. The SMILES string of the molecule is Cn1ccc(C(=O)N2CCC(=O)N(Cc3ccc4ccccc4c3)CC2)n1. The molecular formula is C21H22N4O2. The molecule has 1 fully saturated rings. The smallest absolute Gasteiger partial charge is 0.274 e. The zero-order valence-corrected chi connectivity index (χ0v) is 15.3. The first-order valence-electron chi connectivity index (χ1n) is 9.14. The van der Waals surface area contributed by atoms with E-state index in [0.29, 0.717) is 38.3 Å². The molecule has 6 heteroatoms. The Kier molecular flexibility index (Phi) is 4.62. The van der Waals surface area contributed by atoms with Gasteiger partial charge in [0.15, 0.2) is 0 Å². The summed E-state index contributed by atoms with van der Waals surface area (Å²) in [5.74, 6) is -0.0320. The molecule has 6 nitrogen and oxygen atoms in total. The molecule has 1 aromatic heterocycles. The highest BCUT2D eigenvalue weighted by Crippen LogP contribution is 2.18. The van der Waals surface area contributed by atoms with Gasteiger partial charge in [-0.05, 0) is 28.5 Å². The van der Waals surface area contributed by atoms with Crippen LogP contribution in [0.25, 0.3) is 10.8 Å². The van der Waals surface area contributed by atoms with Gasteiger partial charge in [-0.2, -0.15) is 5.10 Å². The highest BCUT2D eigenvalue weighted by atomic mass is 16.2. The third-order valence-corrected chi connectivity index (χ3v) is 5.00. The van der Waals surface area contributed by atoms with E-state index in [9.17, 15) is 9.59 Å². The number of nitrogens with zero attached hydrogens (tertiary/aromatic N) is 4. The Labute approximate surface area is 158 Å². The van der Waals surface area contributed by atoms with E-state index in [-0.39, 0.29) is 11.8 Å². The van der Waals surface area contributed by atoms with Gasteiger partial charge in [0.05, 0.1) is 0 Å². The van der Waals surface area contributed by atoms with Gasteiger partial charge in [0.25, 0.3) is 5.91 Å². The van der Waals surface area contributed by atoms with Crippen molar-refractivity contribution in [3.63, 3.8) is 0 Å². The van der Waals surface area contributed by atoms with E-state index in [4.69, 9.17) is 0 Å². The summed E-state index contributed by atoms with van der Waals surface area (Å²) in [6.07, 6.45) is 2.09. The lowest BCUT2D eigenvalue weighted by Crippen LogP contribution is -2.35. The van der Waals surface area contributed by atoms with Crippen LogP contribution in [0.2, 0.25) is 0 Å². The Bertz CT molecular complexity index is 995. The third-order valence-electron chi connectivity index (χ3n) is 5.00. The number of amides is 2. The van der Waals surface area contributed by atoms with Crippen molar-refractivity contribution in [3.8, 4) is 0 Å². The van der Waals surface area contributed by atoms with Gasteiger partial charge in [0.2, 0.25) is 5.91 Å². The number of aryl methyl sites for hydroxylation is 1. The Morgan fingerprint density at radius 1 is 1.04 bits per heavy atom. The van der Waals surface area contributed by atoms with Crippen LogP contribution in [-0.4, -0.2) is 51.0 Å². The highest BCUT2D eigenvalue weighted by Gasteiger charge is 2.25. The number of carbonyl (C=O) groups excluding carboxylic acids is 2. The zero-order valence-electron chi connectivity index (χ0n) is 15.3. The zero-order chi connectivity index (χ0) is 18.8. The predicted octanol–water partition coefficient (Wildman–Crippen LogP) is 2.45. The van der Waals surface area contributed by atoms with Crippen molar-refractivity contribution >= 4 is 22.6 Å². The van der Waals surface area contributed by atoms with Crippen molar-refractivity contribution in [2.75, 3.05) is 19.6 Å². The van der Waals surface area contributed by atoms with Gasteiger partial charge >= 0.3 is 0 Å². The first-order chi connectivity index (χ1) is 13.1. The van der Waals surface area contributed by atoms with Crippen molar-refractivity contribution in [3.05, 3.63) is 66.0 Å². The minimum absolute atomic E-state index is 0.0829. The fraction of sp³-hybridized carbons (Fsp3) is 0.286. The van der Waals surface area contributed by atoms with Gasteiger partial charge in [0.1, 0.15) is 5.69 Å². The van der Waals surface area contributed by atoms with Crippen LogP contribution in [0.15, 0.2) is 54.7 Å². The number of aromatic nitrogens is 2. The molecule has 0 spiro atoms. The van der Waals surface area contributed by atoms with Crippen LogP contribution in [0.3, 0.4) is 0 Å². The first kappa shape index (κ1) is 17.3. The molecule has 4 rings (SSSR count). The Balaban J connectivity index is 1.46. The summed E-state index contributed by atoms with van der Waals surface area (Å²) >= 11 is 0. The van der Waals surface area contributed by atoms with E-state index in [2.05, 4.69) is 35.4 Å². The second-order valence-corrected chi connectivity index (χ2v) is 6.91. The molecule has 1 aliphatic rings. The number of hydrogen-bond acceptors (Lipinski definition) is 3. The summed E-state index contributed by atoms with van der Waals surface area (Å²) in [7, 11) is 1.79. The summed E-state index contributed by atoms with van der Waals surface area (Å²) < 4.78 is 1.61. The van der Waals surface area contributed by atoms with Gasteiger partial charge < -0.3 is 9.80 Å². The summed E-state index contributed by atoms with van der Waals surface area (Å²) in [5, 5.41) is 6.54. The second-order valence-electron chi connectivity index (χ2n) is 6.91. The van der Waals surface area contributed by atoms with Gasteiger partial charge in [-0.25, -0.2) is 0 Å². The van der Waals surface area contributed by atoms with E-state index in [1.54, 1.807) is 28.9 Å². The van der Waals surface area contributed by atoms with Crippen LogP contribution >= 0.6 is 0 Å². The summed E-state index contributed by atoms with van der Waals surface area (Å²) in [6.45, 7) is 2.05. The Morgan fingerprint density at radius 3 is 2.63 bits per heavy atom. The van der Waals surface area contributed by atoms with Crippen LogP contribution in [0.5, 0.6) is 0 Å². The molecule has 1 aliphatic heterocycles. The maximum absolute atomic E-state index is 12.6. The van der Waals surface area contributed by atoms with E-state index in [1.165, 1.54) is 10.8 Å². The highest BCUT2D eigenvalue weighted by molar-refractivity contribution is 5.92. The number of carbonyl (C=O) groups is 2. The molecule has 2 amide bonds. The molecule has 138 valence electrons. The fourth-order valence-corrected chi connectivity index (χ4v) is 3.49. The minimum Gasteiger partial charge on any atom is -0.337 e. The molecule has 0 atom stereocenters. The molecule has 1 saturated heterocycles. The quantitative estimate of drug-likeness (QED) is 0.719. The second kappa shape index (κ2) is 7.23. The number of benzene rings is 2. The summed E-state index contributed by atoms with van der Waals surface area (Å²) in [5.41, 5.74) is 1.53. The van der Waals surface area contributed by atoms with Crippen molar-refractivity contribution < 1.29 is 9.59 Å². The molecule has 0 radical (unpaired) electrons. The van der Waals surface area contributed by atoms with Crippen LogP contribution < -0.4 is 0 Å². The average molecular weight is 362 g/mol. The van der Waals surface area contributed by atoms with Crippen LogP contribution in [-0.2, 0) is 18.4 Å². The van der Waals surface area contributed by atoms with Crippen molar-refractivity contribution in [1.82, 2.24) is 19.6 Å². The fourth-order valence-electron chi connectivity index (χ4n) is 3.49. The lowest BCUT2D eigenvalue weighted by Gasteiger charge is -2.22. The normalized spacial score (nSPS) is 15.2. The van der Waals surface area contributed by atoms with E-state index >= 15 is 0 Å². The van der Waals surface area contributed by atoms with E-state index in [1.807, 2.05) is 17.0 Å². The standard InChI is InChI=1S/C21H22N4O2/c1-23-10-8-19(22-23)21(27)24-11-9-20(26)25(13-12-24)15-16-6-7-17-4-2-3-5-18(17)14-16/h2-8,10,14H,9,11-13,15H2,1H3. The predicted molar refractivity (Wildman–Crippen MR) is 103 cm³/mol. The molecule has 2 aromatic carbocycles. The van der Waals surface area contributed by atoms with Gasteiger partial charge in [-0.3, -0.25) is 14.3 Å². The van der Waals surface area contributed by atoms with E-state index < -0.39 is 0 Å². The maximum Gasteiger partial charge on any atom is 0.274 e. The third kappa shape index (κ3) is 3.69. The van der Waals surface area contributed by atoms with Crippen LogP contribution in [0.1, 0.15) is 22.5 Å². The molecule has 0 N–H and O–H groups in total. The van der Waals surface area contributed by atoms with Gasteiger partial charge in [0, 0.05) is 45.8 Å². The molecular weight excluding hydrogens is 340 g/mol. The van der Waals surface area contributed by atoms with Crippen LogP contribution in [0, 0.1) is 0 Å². The lowest BCUT2D eigenvalue weighted by molar-refractivity contribution is -0.130. The maximum atomic E-state index is 12.6. The van der Waals surface area contributed by atoms with Crippen molar-refractivity contribution in [2.24, 2.45) is 7.05 Å². The molecule has 0 aliphatic carbocycles. The number of hydrogen-bond donors (Lipinski definition) is 0. The van der Waals surface area contributed by atoms with E-state index in [0.717, 1.165) is 5.56 Å². The first-order valence-corrected chi connectivity index (χ1v) is 9.14. The molecule has 3 aromatic rings. The van der Waals surface area contributed by atoms with Crippen molar-refractivity contribution in [2.45, 2.75) is 13.0 Å². The van der Waals surface area contributed by atoms with Crippen LogP contribution in [0.4, 0.5) is 0 Å². The van der Waals surface area contributed by atoms with Gasteiger partial charge in [-0.15, -0.1) is 0 Å². The number of fused-ring (bicyclic) bond motifs is 1.